The molecule has 2 heterocycles. The Morgan fingerprint density at radius 2 is 1.90 bits per heavy atom. The van der Waals surface area contributed by atoms with Gasteiger partial charge in [-0.2, -0.15) is 0 Å². The topological polar surface area (TPSA) is 87.7 Å². The van der Waals surface area contributed by atoms with Crippen LogP contribution < -0.4 is 10.6 Å². The highest BCUT2D eigenvalue weighted by Gasteiger charge is 2.45. The summed E-state index contributed by atoms with van der Waals surface area (Å²) in [5, 5.41) is 5.31. The molecule has 2 aliphatic heterocycles. The highest BCUT2D eigenvalue weighted by atomic mass is 19.3. The van der Waals surface area contributed by atoms with Crippen molar-refractivity contribution in [3.63, 3.8) is 0 Å². The molecule has 0 radical (unpaired) electrons. The molecule has 3 rings (SSSR count). The van der Waals surface area contributed by atoms with E-state index in [1.54, 1.807) is 45.0 Å². The Labute approximate surface area is 180 Å². The molecule has 170 valence electrons. The van der Waals surface area contributed by atoms with Gasteiger partial charge in [-0.3, -0.25) is 24.6 Å². The van der Waals surface area contributed by atoms with E-state index in [4.69, 9.17) is 4.74 Å². The van der Waals surface area contributed by atoms with Gasteiger partial charge >= 0.3 is 5.97 Å². The van der Waals surface area contributed by atoms with Crippen molar-refractivity contribution in [2.75, 3.05) is 25.0 Å². The number of rotatable bonds is 5. The first-order chi connectivity index (χ1) is 14.4. The maximum absolute atomic E-state index is 14.9. The minimum Gasteiger partial charge on any atom is -0.459 e. The first-order valence-electron chi connectivity index (χ1n) is 10.5. The largest absolute Gasteiger partial charge is 0.459 e. The molecule has 2 amide bonds. The van der Waals surface area contributed by atoms with Crippen LogP contribution in [0.2, 0.25) is 0 Å². The van der Waals surface area contributed by atoms with Gasteiger partial charge in [-0.05, 0) is 57.9 Å². The molecular formula is C22H29F2N3O4. The van der Waals surface area contributed by atoms with Crippen molar-refractivity contribution < 1.29 is 27.9 Å². The number of anilines is 1. The zero-order valence-electron chi connectivity index (χ0n) is 18.0. The summed E-state index contributed by atoms with van der Waals surface area (Å²) >= 11 is 0. The van der Waals surface area contributed by atoms with Crippen LogP contribution in [0.3, 0.4) is 0 Å². The van der Waals surface area contributed by atoms with Crippen LogP contribution in [0.4, 0.5) is 14.5 Å². The summed E-state index contributed by atoms with van der Waals surface area (Å²) in [4.78, 5) is 36.5. The number of likely N-dealkylation sites (tertiary alicyclic amines) is 1. The SMILES string of the molecule is CC(C)(C)OC(=O)CN1CCC(c2ccc(NC3CCC(=O)NC3=O)cc2)C(F)(F)C1. The molecule has 9 heteroatoms. The number of ether oxygens (including phenoxy) is 1. The lowest BCUT2D eigenvalue weighted by Crippen LogP contribution is -2.49. The molecule has 0 bridgehead atoms. The van der Waals surface area contributed by atoms with E-state index in [2.05, 4.69) is 10.6 Å². The molecule has 2 aliphatic rings. The van der Waals surface area contributed by atoms with Crippen molar-refractivity contribution in [2.45, 2.75) is 63.5 Å². The Kier molecular flexibility index (Phi) is 6.64. The van der Waals surface area contributed by atoms with Crippen LogP contribution in [0, 0.1) is 0 Å². The number of benzene rings is 1. The van der Waals surface area contributed by atoms with Gasteiger partial charge in [0.1, 0.15) is 11.6 Å². The lowest BCUT2D eigenvalue weighted by molar-refractivity contribution is -0.159. The van der Waals surface area contributed by atoms with E-state index in [0.717, 1.165) is 0 Å². The molecule has 1 aromatic carbocycles. The molecule has 1 aromatic rings. The zero-order chi connectivity index (χ0) is 22.8. The third kappa shape index (κ3) is 6.22. The van der Waals surface area contributed by atoms with Gasteiger partial charge in [0, 0.05) is 12.1 Å². The predicted molar refractivity (Wildman–Crippen MR) is 111 cm³/mol. The molecule has 2 saturated heterocycles. The molecule has 7 nitrogen and oxygen atoms in total. The number of nitrogens with one attached hydrogen (secondary N) is 2. The number of esters is 1. The van der Waals surface area contributed by atoms with E-state index < -0.39 is 36.0 Å². The lowest BCUT2D eigenvalue weighted by Gasteiger charge is -2.38. The highest BCUT2D eigenvalue weighted by molar-refractivity contribution is 6.01. The molecule has 0 saturated carbocycles. The predicted octanol–water partition coefficient (Wildman–Crippen LogP) is 2.67. The molecule has 31 heavy (non-hydrogen) atoms. The van der Waals surface area contributed by atoms with Gasteiger partial charge in [0.05, 0.1) is 19.0 Å². The van der Waals surface area contributed by atoms with Crippen molar-refractivity contribution in [1.29, 1.82) is 0 Å². The number of halogens is 2. The van der Waals surface area contributed by atoms with Crippen LogP contribution in [0.1, 0.15) is 51.5 Å². The minimum atomic E-state index is -2.99. The van der Waals surface area contributed by atoms with Gasteiger partial charge in [-0.15, -0.1) is 0 Å². The normalized spacial score (nSPS) is 24.4. The maximum atomic E-state index is 14.9. The van der Waals surface area contributed by atoms with Crippen LogP contribution in [-0.4, -0.2) is 59.9 Å². The quantitative estimate of drug-likeness (QED) is 0.544. The number of piperidine rings is 2. The Morgan fingerprint density at radius 3 is 2.48 bits per heavy atom. The third-order valence-electron chi connectivity index (χ3n) is 5.34. The van der Waals surface area contributed by atoms with Gasteiger partial charge in [-0.1, -0.05) is 12.1 Å². The van der Waals surface area contributed by atoms with E-state index in [-0.39, 0.29) is 31.2 Å². The first-order valence-corrected chi connectivity index (χ1v) is 10.5. The second-order valence-electron chi connectivity index (χ2n) is 9.17. The molecule has 2 fully saturated rings. The second kappa shape index (κ2) is 8.90. The van der Waals surface area contributed by atoms with E-state index in [9.17, 15) is 23.2 Å². The van der Waals surface area contributed by atoms with E-state index in [1.807, 2.05) is 0 Å². The maximum Gasteiger partial charge on any atom is 0.320 e. The fraction of sp³-hybridized carbons (Fsp3) is 0.591. The van der Waals surface area contributed by atoms with Gasteiger partial charge in [0.2, 0.25) is 11.8 Å². The summed E-state index contributed by atoms with van der Waals surface area (Å²) in [6.45, 7) is 4.93. The number of amides is 2. The van der Waals surface area contributed by atoms with Gasteiger partial charge in [-0.25, -0.2) is 8.78 Å². The van der Waals surface area contributed by atoms with Gasteiger partial charge in [0.15, 0.2) is 0 Å². The summed E-state index contributed by atoms with van der Waals surface area (Å²) in [7, 11) is 0. The Hall–Kier alpha value is -2.55. The van der Waals surface area contributed by atoms with Gasteiger partial charge < -0.3 is 10.1 Å². The summed E-state index contributed by atoms with van der Waals surface area (Å²) in [6, 6.07) is 6.08. The summed E-state index contributed by atoms with van der Waals surface area (Å²) in [5.74, 6) is -5.13. The molecule has 2 unspecified atom stereocenters. The third-order valence-corrected chi connectivity index (χ3v) is 5.34. The van der Waals surface area contributed by atoms with Gasteiger partial charge in [0.25, 0.3) is 5.92 Å². The second-order valence-corrected chi connectivity index (χ2v) is 9.17. The summed E-state index contributed by atoms with van der Waals surface area (Å²) in [6.07, 6.45) is 0.867. The molecule has 0 spiro atoms. The number of carbonyl (C=O) groups is 3. The highest BCUT2D eigenvalue weighted by Crippen LogP contribution is 2.40. The van der Waals surface area contributed by atoms with Crippen molar-refractivity contribution in [3.05, 3.63) is 29.8 Å². The number of carbonyl (C=O) groups excluding carboxylic acids is 3. The van der Waals surface area contributed by atoms with Crippen molar-refractivity contribution in [3.8, 4) is 0 Å². The van der Waals surface area contributed by atoms with E-state index in [0.29, 0.717) is 24.2 Å². The van der Waals surface area contributed by atoms with E-state index >= 15 is 0 Å². The number of hydrogen-bond donors (Lipinski definition) is 2. The number of alkyl halides is 2. The smallest absolute Gasteiger partial charge is 0.320 e. The molecule has 0 aliphatic carbocycles. The average Bonchev–Trinajstić information content (AvgIpc) is 2.62. The van der Waals surface area contributed by atoms with Crippen LogP contribution in [0.25, 0.3) is 0 Å². The molecule has 2 atom stereocenters. The van der Waals surface area contributed by atoms with Crippen molar-refractivity contribution >= 4 is 23.5 Å². The average molecular weight is 437 g/mol. The van der Waals surface area contributed by atoms with Crippen molar-refractivity contribution in [1.82, 2.24) is 10.2 Å². The number of nitrogens with zero attached hydrogens (tertiary/aromatic N) is 1. The van der Waals surface area contributed by atoms with Crippen LogP contribution in [0.15, 0.2) is 24.3 Å². The van der Waals surface area contributed by atoms with Crippen LogP contribution >= 0.6 is 0 Å². The molecular weight excluding hydrogens is 408 g/mol. The van der Waals surface area contributed by atoms with Crippen LogP contribution in [0.5, 0.6) is 0 Å². The Morgan fingerprint density at radius 1 is 1.23 bits per heavy atom. The molecule has 0 aromatic heterocycles. The fourth-order valence-electron chi connectivity index (χ4n) is 3.96. The zero-order valence-corrected chi connectivity index (χ0v) is 18.0. The Balaban J connectivity index is 1.58. The number of hydrogen-bond acceptors (Lipinski definition) is 6. The lowest BCUT2D eigenvalue weighted by atomic mass is 9.86. The molecule has 2 N–H and O–H groups in total. The van der Waals surface area contributed by atoms with E-state index in [1.165, 1.54) is 4.90 Å². The summed E-state index contributed by atoms with van der Waals surface area (Å²) < 4.78 is 34.9. The number of imide groups is 1. The fourth-order valence-corrected chi connectivity index (χ4v) is 3.96. The minimum absolute atomic E-state index is 0.158. The van der Waals surface area contributed by atoms with Crippen molar-refractivity contribution in [2.24, 2.45) is 0 Å². The monoisotopic (exact) mass is 437 g/mol. The Bertz CT molecular complexity index is 836. The first kappa shape index (κ1) is 23.1. The van der Waals surface area contributed by atoms with Crippen LogP contribution in [-0.2, 0) is 19.1 Å². The standard InChI is InChI=1S/C22H29F2N3O4/c1-21(2,3)31-19(29)12-27-11-10-16(22(23,24)13-27)14-4-6-15(7-5-14)25-17-8-9-18(28)26-20(17)30/h4-7,16-17,25H,8-13H2,1-3H3,(H,26,28,30). The summed E-state index contributed by atoms with van der Waals surface area (Å²) in [5.41, 5.74) is 0.487.